The van der Waals surface area contributed by atoms with Gasteiger partial charge in [0.15, 0.2) is 0 Å². The minimum Gasteiger partial charge on any atom is -0.460 e. The largest absolute Gasteiger partial charge is 0.460 e. The van der Waals surface area contributed by atoms with E-state index in [0.717, 1.165) is 16.7 Å². The fourth-order valence-corrected chi connectivity index (χ4v) is 4.85. The van der Waals surface area contributed by atoms with Gasteiger partial charge in [-0.3, -0.25) is 4.79 Å². The third-order valence-corrected chi connectivity index (χ3v) is 7.02. The molecular formula is C23H22BrNO4S. The highest BCUT2D eigenvalue weighted by Crippen LogP contribution is 2.28. The molecule has 0 saturated carbocycles. The van der Waals surface area contributed by atoms with Gasteiger partial charge in [-0.1, -0.05) is 94.3 Å². The molecule has 3 aromatic carbocycles. The van der Waals surface area contributed by atoms with Crippen LogP contribution < -0.4 is 4.72 Å². The number of hydrogen-bond donors (Lipinski definition) is 1. The third-order valence-electron chi connectivity index (χ3n) is 4.50. The molecule has 0 bridgehead atoms. The predicted octanol–water partition coefficient (Wildman–Crippen LogP) is 4.52. The van der Waals surface area contributed by atoms with Gasteiger partial charge >= 0.3 is 5.97 Å². The standard InChI is InChI=1S/C23H22BrNO4S/c1-17-12-14-20(15-13-17)30(27,28)25-22(21(24)19-10-6-3-7-11-19)23(26)29-16-18-8-4-2-5-9-18/h2-15,21-22,25H,16H2,1H3. The summed E-state index contributed by atoms with van der Waals surface area (Å²) in [6, 6.07) is 23.6. The Morgan fingerprint density at radius 1 is 0.933 bits per heavy atom. The SMILES string of the molecule is Cc1ccc(S(=O)(=O)NC(C(=O)OCc2ccccc2)C(Br)c2ccccc2)cc1. The van der Waals surface area contributed by atoms with Crippen molar-refractivity contribution in [1.29, 1.82) is 0 Å². The van der Waals surface area contributed by atoms with E-state index >= 15 is 0 Å². The van der Waals surface area contributed by atoms with E-state index in [1.807, 2.05) is 67.6 Å². The average molecular weight is 488 g/mol. The molecule has 2 unspecified atom stereocenters. The molecule has 0 aliphatic carbocycles. The minimum absolute atomic E-state index is 0.0525. The van der Waals surface area contributed by atoms with E-state index in [-0.39, 0.29) is 11.5 Å². The van der Waals surface area contributed by atoms with Crippen LogP contribution in [0.15, 0.2) is 89.8 Å². The van der Waals surface area contributed by atoms with E-state index < -0.39 is 26.9 Å². The molecule has 5 nitrogen and oxygen atoms in total. The molecule has 7 heteroatoms. The van der Waals surface area contributed by atoms with Crippen molar-refractivity contribution in [3.8, 4) is 0 Å². The van der Waals surface area contributed by atoms with Crippen LogP contribution in [0.1, 0.15) is 21.5 Å². The van der Waals surface area contributed by atoms with Crippen molar-refractivity contribution in [2.75, 3.05) is 0 Å². The Balaban J connectivity index is 1.84. The normalized spacial score (nSPS) is 13.4. The molecule has 0 radical (unpaired) electrons. The maximum atomic E-state index is 12.9. The van der Waals surface area contributed by atoms with Gasteiger partial charge in [0, 0.05) is 0 Å². The molecule has 0 amide bonds. The fraction of sp³-hybridized carbons (Fsp3) is 0.174. The minimum atomic E-state index is -3.94. The van der Waals surface area contributed by atoms with Crippen molar-refractivity contribution in [3.63, 3.8) is 0 Å². The van der Waals surface area contributed by atoms with Gasteiger partial charge in [-0.25, -0.2) is 8.42 Å². The second kappa shape index (κ2) is 10.0. The summed E-state index contributed by atoms with van der Waals surface area (Å²) in [5.74, 6) is -0.666. The van der Waals surface area contributed by atoms with Crippen molar-refractivity contribution in [2.45, 2.75) is 29.3 Å². The second-order valence-corrected chi connectivity index (χ2v) is 9.52. The molecule has 0 spiro atoms. The van der Waals surface area contributed by atoms with Gasteiger partial charge in [0.1, 0.15) is 12.6 Å². The van der Waals surface area contributed by atoms with Gasteiger partial charge in [0.2, 0.25) is 10.0 Å². The number of benzene rings is 3. The Kier molecular flexibility index (Phi) is 7.42. The number of carbonyl (C=O) groups is 1. The summed E-state index contributed by atoms with van der Waals surface area (Å²) in [5, 5.41) is 0. The van der Waals surface area contributed by atoms with Crippen LogP contribution in [0.3, 0.4) is 0 Å². The third kappa shape index (κ3) is 5.78. The van der Waals surface area contributed by atoms with E-state index in [0.29, 0.717) is 0 Å². The Morgan fingerprint density at radius 3 is 2.10 bits per heavy atom. The first-order valence-corrected chi connectivity index (χ1v) is 11.8. The zero-order chi connectivity index (χ0) is 21.6. The molecule has 0 aliphatic heterocycles. The summed E-state index contributed by atoms with van der Waals surface area (Å²) in [5.41, 5.74) is 2.51. The number of rotatable bonds is 8. The van der Waals surface area contributed by atoms with Gasteiger partial charge in [-0.15, -0.1) is 0 Å². The fourth-order valence-electron chi connectivity index (χ4n) is 2.83. The number of esters is 1. The molecule has 0 heterocycles. The lowest BCUT2D eigenvalue weighted by Gasteiger charge is -2.23. The Hall–Kier alpha value is -2.48. The van der Waals surface area contributed by atoms with Gasteiger partial charge in [-0.2, -0.15) is 4.72 Å². The lowest BCUT2D eigenvalue weighted by Crippen LogP contribution is -2.44. The number of aryl methyl sites for hydroxylation is 1. The summed E-state index contributed by atoms with van der Waals surface area (Å²) in [4.78, 5) is 12.4. The highest BCUT2D eigenvalue weighted by molar-refractivity contribution is 9.09. The number of carbonyl (C=O) groups excluding carboxylic acids is 1. The van der Waals surface area contributed by atoms with E-state index in [2.05, 4.69) is 20.7 Å². The Labute approximate surface area is 185 Å². The topological polar surface area (TPSA) is 72.5 Å². The molecule has 0 aliphatic rings. The van der Waals surface area contributed by atoms with Crippen LogP contribution in [-0.4, -0.2) is 20.4 Å². The molecule has 3 aromatic rings. The highest BCUT2D eigenvalue weighted by Gasteiger charge is 2.33. The quantitative estimate of drug-likeness (QED) is 0.374. The van der Waals surface area contributed by atoms with Crippen molar-refractivity contribution < 1.29 is 17.9 Å². The monoisotopic (exact) mass is 487 g/mol. The van der Waals surface area contributed by atoms with E-state index in [4.69, 9.17) is 4.74 Å². The van der Waals surface area contributed by atoms with Crippen LogP contribution in [-0.2, 0) is 26.2 Å². The molecule has 156 valence electrons. The molecule has 1 N–H and O–H groups in total. The van der Waals surface area contributed by atoms with E-state index in [1.54, 1.807) is 12.1 Å². The molecule has 0 fully saturated rings. The first-order chi connectivity index (χ1) is 14.4. The number of hydrogen-bond acceptors (Lipinski definition) is 4. The first kappa shape index (κ1) is 22.2. The van der Waals surface area contributed by atoms with Crippen LogP contribution in [0.2, 0.25) is 0 Å². The molecule has 2 atom stereocenters. The number of halogens is 1. The molecule has 3 rings (SSSR count). The lowest BCUT2D eigenvalue weighted by atomic mass is 10.1. The molecule has 30 heavy (non-hydrogen) atoms. The Bertz CT molecular complexity index is 1070. The maximum absolute atomic E-state index is 12.9. The maximum Gasteiger partial charge on any atom is 0.326 e. The summed E-state index contributed by atoms with van der Waals surface area (Å²) in [6.45, 7) is 1.93. The highest BCUT2D eigenvalue weighted by atomic mass is 79.9. The van der Waals surface area contributed by atoms with E-state index in [9.17, 15) is 13.2 Å². The zero-order valence-electron chi connectivity index (χ0n) is 16.4. The predicted molar refractivity (Wildman–Crippen MR) is 120 cm³/mol. The Morgan fingerprint density at radius 2 is 1.50 bits per heavy atom. The van der Waals surface area contributed by atoms with Gasteiger partial charge in [0.25, 0.3) is 0 Å². The van der Waals surface area contributed by atoms with Gasteiger partial charge < -0.3 is 4.74 Å². The van der Waals surface area contributed by atoms with Crippen molar-refractivity contribution >= 4 is 31.9 Å². The second-order valence-electron chi connectivity index (χ2n) is 6.82. The lowest BCUT2D eigenvalue weighted by molar-refractivity contribution is -0.147. The van der Waals surface area contributed by atoms with Gasteiger partial charge in [-0.05, 0) is 30.2 Å². The van der Waals surface area contributed by atoms with Crippen LogP contribution in [0.4, 0.5) is 0 Å². The summed E-state index contributed by atoms with van der Waals surface area (Å²) >= 11 is 3.49. The van der Waals surface area contributed by atoms with Crippen LogP contribution in [0.25, 0.3) is 0 Å². The summed E-state index contributed by atoms with van der Waals surface area (Å²) in [6.07, 6.45) is 0. The van der Waals surface area contributed by atoms with Crippen LogP contribution >= 0.6 is 15.9 Å². The molecular weight excluding hydrogens is 466 g/mol. The summed E-state index contributed by atoms with van der Waals surface area (Å²) in [7, 11) is -3.94. The zero-order valence-corrected chi connectivity index (χ0v) is 18.8. The first-order valence-electron chi connectivity index (χ1n) is 9.35. The average Bonchev–Trinajstić information content (AvgIpc) is 2.77. The number of alkyl halides is 1. The van der Waals surface area contributed by atoms with Gasteiger partial charge in [0.05, 0.1) is 9.72 Å². The molecule has 0 saturated heterocycles. The smallest absolute Gasteiger partial charge is 0.326 e. The van der Waals surface area contributed by atoms with E-state index in [1.165, 1.54) is 12.1 Å². The van der Waals surface area contributed by atoms with Crippen molar-refractivity contribution in [2.24, 2.45) is 0 Å². The van der Waals surface area contributed by atoms with Crippen molar-refractivity contribution in [3.05, 3.63) is 102 Å². The number of nitrogens with one attached hydrogen (secondary N) is 1. The number of sulfonamides is 1. The molecule has 0 aromatic heterocycles. The summed E-state index contributed by atoms with van der Waals surface area (Å²) < 4.78 is 33.8. The van der Waals surface area contributed by atoms with Crippen LogP contribution in [0, 0.1) is 6.92 Å². The van der Waals surface area contributed by atoms with Crippen molar-refractivity contribution in [1.82, 2.24) is 4.72 Å². The van der Waals surface area contributed by atoms with Crippen LogP contribution in [0.5, 0.6) is 0 Å². The number of ether oxygens (including phenoxy) is 1.